The third kappa shape index (κ3) is 7.22. The molecule has 0 aromatic carbocycles. The standard InChI is InChI=1S/C5H9NOS2.Bi.2ClH/c8-5(9)6-1-3-7-4-2-6;;;/h1-4H2,(H,8,9);;2*1H/q;+3;;. The maximum atomic E-state index is 5.14. The molecule has 70 valence electrons. The fourth-order valence-corrected chi connectivity index (χ4v) is 1.20. The molecule has 0 amide bonds. The molecule has 0 saturated carbocycles. The monoisotopic (exact) mass is 444 g/mol. The Balaban J connectivity index is 0.000000354. The van der Waals surface area contributed by atoms with Crippen molar-refractivity contribution in [2.24, 2.45) is 0 Å². The first-order valence-corrected chi connectivity index (χ1v) is 12.8. The number of hydrogen-bond acceptors (Lipinski definition) is 1. The van der Waals surface area contributed by atoms with Crippen molar-refractivity contribution in [2.75, 3.05) is 26.3 Å². The van der Waals surface area contributed by atoms with Crippen LogP contribution in [0.2, 0.25) is 0 Å². The van der Waals surface area contributed by atoms with E-state index < -0.39 is 20.8 Å². The Morgan fingerprint density at radius 2 is 1.83 bits per heavy atom. The topological polar surface area (TPSA) is 12.2 Å². The van der Waals surface area contributed by atoms with E-state index in [1.807, 2.05) is 0 Å². The van der Waals surface area contributed by atoms with E-state index >= 15 is 0 Å². The van der Waals surface area contributed by atoms with Crippen molar-refractivity contribution in [3.8, 4) is 0 Å². The van der Waals surface area contributed by atoms with Crippen molar-refractivity contribution in [1.29, 1.82) is 0 Å². The minimum absolute atomic E-state index is 0.814. The van der Waals surface area contributed by atoms with Crippen LogP contribution in [0.4, 0.5) is 0 Å². The van der Waals surface area contributed by atoms with Crippen molar-refractivity contribution in [3.05, 3.63) is 0 Å². The molecule has 1 aliphatic heterocycles. The average Bonchev–Trinajstić information content (AvgIpc) is 2.07. The van der Waals surface area contributed by atoms with Crippen LogP contribution < -0.4 is 0 Å². The Bertz CT molecular complexity index is 146. The van der Waals surface area contributed by atoms with Crippen LogP contribution in [-0.4, -0.2) is 56.1 Å². The van der Waals surface area contributed by atoms with Gasteiger partial charge >= 0.3 is 42.2 Å². The predicted octanol–water partition coefficient (Wildman–Crippen LogP) is 0.325. The summed E-state index contributed by atoms with van der Waals surface area (Å²) in [5.74, 6) is 0. The van der Waals surface area contributed by atoms with Crippen LogP contribution in [-0.2, 0) is 17.4 Å². The molecular weight excluding hydrogens is 434 g/mol. The van der Waals surface area contributed by atoms with Crippen molar-refractivity contribution in [2.45, 2.75) is 0 Å². The molecule has 0 N–H and O–H groups in total. The number of morpholine rings is 1. The first kappa shape index (κ1) is 13.8. The number of thiol groups is 1. The minimum atomic E-state index is -0.889. The normalized spacial score (nSPS) is 16.5. The van der Waals surface area contributed by atoms with E-state index in [-0.39, 0.29) is 0 Å². The van der Waals surface area contributed by atoms with Gasteiger partial charge < -0.3 is 4.74 Å². The Morgan fingerprint density at radius 3 is 2.08 bits per heavy atom. The van der Waals surface area contributed by atoms with Crippen molar-refractivity contribution < 1.29 is 9.31 Å². The molecule has 7 heteroatoms. The molecule has 0 aromatic rings. The second-order valence-electron chi connectivity index (χ2n) is 1.99. The number of ether oxygens (including phenoxy) is 1. The maximum absolute atomic E-state index is 5.14. The first-order chi connectivity index (χ1) is 5.72. The van der Waals surface area contributed by atoms with Crippen LogP contribution in [0.3, 0.4) is 0 Å². The van der Waals surface area contributed by atoms with E-state index in [0.29, 0.717) is 0 Å². The van der Waals surface area contributed by atoms with E-state index in [1.165, 1.54) is 0 Å². The van der Waals surface area contributed by atoms with Crippen LogP contribution in [0, 0.1) is 0 Å². The molecule has 1 saturated heterocycles. The Labute approximate surface area is 102 Å². The van der Waals surface area contributed by atoms with Crippen LogP contribution in [0.1, 0.15) is 0 Å². The summed E-state index contributed by atoms with van der Waals surface area (Å²) in [4.78, 5) is 0. The van der Waals surface area contributed by atoms with Gasteiger partial charge in [-0.1, -0.05) is 0 Å². The van der Waals surface area contributed by atoms with E-state index in [0.717, 1.165) is 30.7 Å². The van der Waals surface area contributed by atoms with Crippen LogP contribution in [0.25, 0.3) is 0 Å². The van der Waals surface area contributed by atoms with Crippen molar-refractivity contribution >= 4 is 67.5 Å². The van der Waals surface area contributed by atoms with Gasteiger partial charge in [-0.05, 0) is 12.6 Å². The predicted molar refractivity (Wildman–Crippen MR) is 62.4 cm³/mol. The molecule has 0 bridgehead atoms. The van der Waals surface area contributed by atoms with Crippen LogP contribution in [0.15, 0.2) is 0 Å². The summed E-state index contributed by atoms with van der Waals surface area (Å²) in [6, 6.07) is 0. The van der Waals surface area contributed by atoms with Gasteiger partial charge in [-0.25, -0.2) is 0 Å². The molecule has 0 atom stereocenters. The molecule has 0 aromatic heterocycles. The van der Waals surface area contributed by atoms with Crippen LogP contribution in [0.5, 0.6) is 0 Å². The molecule has 0 aliphatic carbocycles. The molecule has 2 radical (unpaired) electrons. The second kappa shape index (κ2) is 9.35. The van der Waals surface area contributed by atoms with Gasteiger partial charge in [0.05, 0.1) is 12.6 Å². The van der Waals surface area contributed by atoms with Gasteiger partial charge in [0.25, 0.3) is 0 Å². The van der Waals surface area contributed by atoms with Gasteiger partial charge in [0.15, 0.2) is 13.1 Å². The first-order valence-electron chi connectivity index (χ1n) is 3.25. The third-order valence-electron chi connectivity index (χ3n) is 1.31. The summed E-state index contributed by atoms with van der Waals surface area (Å²) < 4.78 is 8.17. The second-order valence-corrected chi connectivity index (χ2v) is 8.29. The summed E-state index contributed by atoms with van der Waals surface area (Å²) in [6.45, 7) is 3.52. The number of rotatable bonds is 0. The zero-order valence-electron chi connectivity index (χ0n) is 6.33. The number of hydrogen-bond donors (Lipinski definition) is 1. The summed E-state index contributed by atoms with van der Waals surface area (Å²) in [5.41, 5.74) is 0. The Hall–Kier alpha value is 1.79. The quantitative estimate of drug-likeness (QED) is 0.187. The fraction of sp³-hybridized carbons (Fsp3) is 0.800. The van der Waals surface area contributed by atoms with Gasteiger partial charge in [0, 0.05) is 0 Å². The van der Waals surface area contributed by atoms with Crippen LogP contribution >= 0.6 is 29.7 Å². The third-order valence-corrected chi connectivity index (χ3v) is 1.91. The van der Waals surface area contributed by atoms with E-state index in [4.69, 9.17) is 21.8 Å². The molecule has 1 fully saturated rings. The molecule has 1 rings (SSSR count). The van der Waals surface area contributed by atoms with E-state index in [9.17, 15) is 0 Å². The molecule has 1 heterocycles. The zero-order valence-corrected chi connectivity index (χ0v) is 13.2. The van der Waals surface area contributed by atoms with E-state index in [1.54, 1.807) is 0 Å². The molecule has 1 aliphatic rings. The molecular formula is C5H11BiCl2NOS2+3. The van der Waals surface area contributed by atoms with E-state index in [2.05, 4.69) is 29.8 Å². The zero-order chi connectivity index (χ0) is 9.40. The molecule has 0 spiro atoms. The van der Waals surface area contributed by atoms with Crippen molar-refractivity contribution in [1.82, 2.24) is 0 Å². The fourth-order valence-electron chi connectivity index (χ4n) is 0.775. The molecule has 0 unspecified atom stereocenters. The average molecular weight is 445 g/mol. The van der Waals surface area contributed by atoms with Gasteiger partial charge in [-0.2, -0.15) is 4.58 Å². The Morgan fingerprint density at radius 1 is 1.42 bits per heavy atom. The van der Waals surface area contributed by atoms with Gasteiger partial charge in [0.2, 0.25) is 0 Å². The summed E-state index contributed by atoms with van der Waals surface area (Å²) >= 11 is 6.59. The summed E-state index contributed by atoms with van der Waals surface area (Å²) in [7, 11) is 9.89. The molecule has 12 heavy (non-hydrogen) atoms. The number of halogens is 2. The van der Waals surface area contributed by atoms with Gasteiger partial charge in [0.1, 0.15) is 13.2 Å². The SMILES string of the molecule is SC([SH2+])=[N+]1CCOCC1.[Cl][Bi+][Cl]. The number of nitrogens with zero attached hydrogens (tertiary/aromatic N) is 1. The van der Waals surface area contributed by atoms with Gasteiger partial charge in [-0.3, -0.25) is 0 Å². The Kier molecular flexibility index (Phi) is 10.7. The molecule has 2 nitrogen and oxygen atoms in total. The van der Waals surface area contributed by atoms with Gasteiger partial charge in [-0.15, -0.1) is 0 Å². The summed E-state index contributed by atoms with van der Waals surface area (Å²) in [6.07, 6.45) is 0. The van der Waals surface area contributed by atoms with Crippen molar-refractivity contribution in [3.63, 3.8) is 0 Å². The summed E-state index contributed by atoms with van der Waals surface area (Å²) in [5, 5.41) is 0.